The van der Waals surface area contributed by atoms with Gasteiger partial charge in [0, 0.05) is 32.2 Å². The lowest BCUT2D eigenvalue weighted by Gasteiger charge is -2.40. The lowest BCUT2D eigenvalue weighted by atomic mass is 10.1. The highest BCUT2D eigenvalue weighted by molar-refractivity contribution is 5.81. The first kappa shape index (κ1) is 11.7. The second-order valence-electron chi connectivity index (χ2n) is 5.45. The number of benzene rings is 1. The molecule has 2 aliphatic rings. The molecule has 98 valence electrons. The van der Waals surface area contributed by atoms with Crippen molar-refractivity contribution < 1.29 is 0 Å². The Labute approximate surface area is 109 Å². The fourth-order valence-electron chi connectivity index (χ4n) is 3.40. The third-order valence-corrected chi connectivity index (χ3v) is 4.51. The Morgan fingerprint density at radius 2 is 1.89 bits per heavy atom. The molecule has 2 aliphatic heterocycles. The molecule has 2 unspecified atom stereocenters. The first-order valence-corrected chi connectivity index (χ1v) is 6.74. The molecule has 2 saturated heterocycles. The van der Waals surface area contributed by atoms with E-state index in [2.05, 4.69) is 28.2 Å². The van der Waals surface area contributed by atoms with Crippen molar-refractivity contribution in [2.24, 2.45) is 0 Å². The van der Waals surface area contributed by atoms with E-state index < -0.39 is 0 Å². The second-order valence-corrected chi connectivity index (χ2v) is 5.45. The number of anilines is 3. The smallest absolute Gasteiger partial charge is 0.0808 e. The number of likely N-dealkylation sites (N-methyl/N-ethyl adjacent to an activating group) is 1. The van der Waals surface area contributed by atoms with Crippen LogP contribution >= 0.6 is 0 Å². The lowest BCUT2D eigenvalue weighted by Crippen LogP contribution is -2.52. The Kier molecular flexibility index (Phi) is 2.82. The van der Waals surface area contributed by atoms with Crippen LogP contribution < -0.4 is 16.0 Å². The van der Waals surface area contributed by atoms with Gasteiger partial charge in [-0.3, -0.25) is 4.90 Å². The quantitative estimate of drug-likeness (QED) is 0.778. The van der Waals surface area contributed by atoms with Crippen molar-refractivity contribution in [3.05, 3.63) is 18.2 Å². The predicted molar refractivity (Wildman–Crippen MR) is 77.2 cm³/mol. The first-order chi connectivity index (χ1) is 8.70. The molecule has 4 nitrogen and oxygen atoms in total. The standard InChI is InChI=1S/C14H22N4/c1-16-14-12(15)4-3-5-13(14)18-8-10-6-7-11(9-18)17(10)2/h3-5,10-11,16H,6-9,15H2,1-2H3. The molecule has 0 radical (unpaired) electrons. The van der Waals surface area contributed by atoms with Gasteiger partial charge < -0.3 is 16.0 Å². The van der Waals surface area contributed by atoms with Gasteiger partial charge in [0.25, 0.3) is 0 Å². The third kappa shape index (κ3) is 1.72. The van der Waals surface area contributed by atoms with E-state index in [1.807, 2.05) is 19.2 Å². The molecule has 4 heteroatoms. The third-order valence-electron chi connectivity index (χ3n) is 4.51. The number of rotatable bonds is 2. The van der Waals surface area contributed by atoms with Gasteiger partial charge in [-0.2, -0.15) is 0 Å². The largest absolute Gasteiger partial charge is 0.397 e. The number of hydrogen-bond donors (Lipinski definition) is 2. The average Bonchev–Trinajstić information content (AvgIpc) is 2.61. The van der Waals surface area contributed by atoms with Gasteiger partial charge in [-0.15, -0.1) is 0 Å². The number of hydrogen-bond acceptors (Lipinski definition) is 4. The maximum atomic E-state index is 6.05. The summed E-state index contributed by atoms with van der Waals surface area (Å²) in [5.41, 5.74) is 9.21. The molecule has 1 aromatic carbocycles. The van der Waals surface area contributed by atoms with Crippen LogP contribution in [0.25, 0.3) is 0 Å². The molecule has 0 spiro atoms. The Bertz CT molecular complexity index is 431. The molecule has 2 fully saturated rings. The molecular weight excluding hydrogens is 224 g/mol. The lowest BCUT2D eigenvalue weighted by molar-refractivity contribution is 0.212. The van der Waals surface area contributed by atoms with E-state index in [1.165, 1.54) is 18.5 Å². The maximum absolute atomic E-state index is 6.05. The summed E-state index contributed by atoms with van der Waals surface area (Å²) in [6, 6.07) is 7.59. The van der Waals surface area contributed by atoms with Gasteiger partial charge in [-0.25, -0.2) is 0 Å². The molecule has 2 heterocycles. The van der Waals surface area contributed by atoms with Gasteiger partial charge >= 0.3 is 0 Å². The summed E-state index contributed by atoms with van der Waals surface area (Å²) < 4.78 is 0. The van der Waals surface area contributed by atoms with Crippen LogP contribution in [0.5, 0.6) is 0 Å². The van der Waals surface area contributed by atoms with Crippen molar-refractivity contribution in [1.82, 2.24) is 4.90 Å². The van der Waals surface area contributed by atoms with E-state index in [0.717, 1.165) is 24.5 Å². The highest BCUT2D eigenvalue weighted by Crippen LogP contribution is 2.36. The van der Waals surface area contributed by atoms with E-state index in [9.17, 15) is 0 Å². The predicted octanol–water partition coefficient (Wildman–Crippen LogP) is 1.59. The van der Waals surface area contributed by atoms with Crippen LogP contribution in [0.4, 0.5) is 17.1 Å². The van der Waals surface area contributed by atoms with E-state index in [1.54, 1.807) is 0 Å². The molecule has 3 N–H and O–H groups in total. The number of nitrogens with two attached hydrogens (primary N) is 1. The molecule has 3 rings (SSSR count). The molecule has 2 atom stereocenters. The Morgan fingerprint density at radius 1 is 1.22 bits per heavy atom. The van der Waals surface area contributed by atoms with Gasteiger partial charge in [0.2, 0.25) is 0 Å². The number of para-hydroxylation sites is 1. The summed E-state index contributed by atoms with van der Waals surface area (Å²) in [7, 11) is 4.21. The van der Waals surface area contributed by atoms with E-state index >= 15 is 0 Å². The molecule has 1 aromatic rings. The summed E-state index contributed by atoms with van der Waals surface area (Å²) in [5.74, 6) is 0. The van der Waals surface area contributed by atoms with Crippen molar-refractivity contribution in [1.29, 1.82) is 0 Å². The highest BCUT2D eigenvalue weighted by atomic mass is 15.3. The van der Waals surface area contributed by atoms with Crippen LogP contribution in [0.3, 0.4) is 0 Å². The Morgan fingerprint density at radius 3 is 2.50 bits per heavy atom. The van der Waals surface area contributed by atoms with Crippen LogP contribution in [-0.4, -0.2) is 44.2 Å². The molecule has 0 aromatic heterocycles. The van der Waals surface area contributed by atoms with Crippen LogP contribution in [-0.2, 0) is 0 Å². The van der Waals surface area contributed by atoms with Gasteiger partial charge in [0.15, 0.2) is 0 Å². The number of nitrogens with one attached hydrogen (secondary N) is 1. The average molecular weight is 246 g/mol. The molecule has 2 bridgehead atoms. The number of piperazine rings is 1. The number of nitrogens with zero attached hydrogens (tertiary/aromatic N) is 2. The minimum Gasteiger partial charge on any atom is -0.397 e. The minimum atomic E-state index is 0.704. The minimum absolute atomic E-state index is 0.704. The summed E-state index contributed by atoms with van der Waals surface area (Å²) in [6.07, 6.45) is 2.66. The topological polar surface area (TPSA) is 44.5 Å². The first-order valence-electron chi connectivity index (χ1n) is 6.74. The van der Waals surface area contributed by atoms with Gasteiger partial charge in [0.1, 0.15) is 0 Å². The van der Waals surface area contributed by atoms with Crippen molar-refractivity contribution in [2.45, 2.75) is 24.9 Å². The normalized spacial score (nSPS) is 27.6. The zero-order valence-electron chi connectivity index (χ0n) is 11.2. The second kappa shape index (κ2) is 4.35. The zero-order chi connectivity index (χ0) is 12.7. The molecule has 0 amide bonds. The summed E-state index contributed by atoms with van der Waals surface area (Å²) >= 11 is 0. The van der Waals surface area contributed by atoms with E-state index in [4.69, 9.17) is 5.73 Å². The van der Waals surface area contributed by atoms with Crippen LogP contribution in [0.1, 0.15) is 12.8 Å². The maximum Gasteiger partial charge on any atom is 0.0808 e. The van der Waals surface area contributed by atoms with Crippen LogP contribution in [0, 0.1) is 0 Å². The van der Waals surface area contributed by atoms with Crippen molar-refractivity contribution >= 4 is 17.1 Å². The fraction of sp³-hybridized carbons (Fsp3) is 0.571. The fourth-order valence-corrected chi connectivity index (χ4v) is 3.40. The van der Waals surface area contributed by atoms with Gasteiger partial charge in [0.05, 0.1) is 17.1 Å². The van der Waals surface area contributed by atoms with Crippen LogP contribution in [0.15, 0.2) is 18.2 Å². The Balaban J connectivity index is 1.90. The SMILES string of the molecule is CNc1c(N)cccc1N1CC2CCC(C1)N2C. The van der Waals surface area contributed by atoms with Gasteiger partial charge in [-0.05, 0) is 32.0 Å². The van der Waals surface area contributed by atoms with Crippen molar-refractivity contribution in [2.75, 3.05) is 43.1 Å². The number of nitrogen functional groups attached to an aromatic ring is 1. The highest BCUT2D eigenvalue weighted by Gasteiger charge is 2.37. The molecule has 18 heavy (non-hydrogen) atoms. The molecule has 0 saturated carbocycles. The summed E-state index contributed by atoms with van der Waals surface area (Å²) in [6.45, 7) is 2.23. The van der Waals surface area contributed by atoms with Crippen molar-refractivity contribution in [3.63, 3.8) is 0 Å². The van der Waals surface area contributed by atoms with Crippen molar-refractivity contribution in [3.8, 4) is 0 Å². The van der Waals surface area contributed by atoms with Gasteiger partial charge in [-0.1, -0.05) is 6.07 Å². The monoisotopic (exact) mass is 246 g/mol. The zero-order valence-corrected chi connectivity index (χ0v) is 11.2. The van der Waals surface area contributed by atoms with E-state index in [-0.39, 0.29) is 0 Å². The van der Waals surface area contributed by atoms with E-state index in [0.29, 0.717) is 12.1 Å². The summed E-state index contributed by atoms with van der Waals surface area (Å²) in [4.78, 5) is 5.03. The summed E-state index contributed by atoms with van der Waals surface area (Å²) in [5, 5.41) is 3.24. The van der Waals surface area contributed by atoms with Crippen LogP contribution in [0.2, 0.25) is 0 Å². The molecular formula is C14H22N4. The molecule has 0 aliphatic carbocycles. The number of fused-ring (bicyclic) bond motifs is 2. The Hall–Kier alpha value is -1.42.